The van der Waals surface area contributed by atoms with Crippen molar-refractivity contribution in [2.75, 3.05) is 23.3 Å². The van der Waals surface area contributed by atoms with Crippen LogP contribution >= 0.6 is 0 Å². The highest BCUT2D eigenvalue weighted by atomic mass is 16.6. The van der Waals surface area contributed by atoms with E-state index in [1.807, 2.05) is 24.3 Å². The number of ether oxygens (including phenoxy) is 1. The summed E-state index contributed by atoms with van der Waals surface area (Å²) in [5, 5.41) is 13.8. The summed E-state index contributed by atoms with van der Waals surface area (Å²) < 4.78 is 5.48. The lowest BCUT2D eigenvalue weighted by Gasteiger charge is -2.21. The average Bonchev–Trinajstić information content (AvgIpc) is 2.64. The Morgan fingerprint density at radius 3 is 2.35 bits per heavy atom. The number of carbonyl (C=O) groups is 1. The minimum Gasteiger partial charge on any atom is -0.474 e. The van der Waals surface area contributed by atoms with Gasteiger partial charge < -0.3 is 15.0 Å². The summed E-state index contributed by atoms with van der Waals surface area (Å²) in [6, 6.07) is 13.5. The number of para-hydroxylation sites is 2. The van der Waals surface area contributed by atoms with Gasteiger partial charge in [-0.3, -0.25) is 14.9 Å². The molecule has 0 saturated heterocycles. The van der Waals surface area contributed by atoms with Crippen LogP contribution in [0.4, 0.5) is 17.1 Å². The lowest BCUT2D eigenvalue weighted by atomic mass is 10.2. The number of nitro benzene ring substituents is 1. The summed E-state index contributed by atoms with van der Waals surface area (Å²) >= 11 is 0. The molecule has 7 heteroatoms. The van der Waals surface area contributed by atoms with Crippen molar-refractivity contribution in [2.45, 2.75) is 26.9 Å². The van der Waals surface area contributed by atoms with Crippen LogP contribution in [0.15, 0.2) is 48.5 Å². The summed E-state index contributed by atoms with van der Waals surface area (Å²) in [6.07, 6.45) is -0.876. The van der Waals surface area contributed by atoms with Crippen molar-refractivity contribution in [3.8, 4) is 5.75 Å². The minimum absolute atomic E-state index is 0.0667. The maximum atomic E-state index is 12.3. The van der Waals surface area contributed by atoms with Gasteiger partial charge in [0, 0.05) is 30.5 Å². The monoisotopic (exact) mass is 357 g/mol. The molecule has 0 saturated carbocycles. The molecule has 1 atom stereocenters. The Labute approximate surface area is 152 Å². The van der Waals surface area contributed by atoms with E-state index in [4.69, 9.17) is 4.74 Å². The number of nitro groups is 1. The van der Waals surface area contributed by atoms with Crippen LogP contribution in [0.25, 0.3) is 0 Å². The van der Waals surface area contributed by atoms with Crippen molar-refractivity contribution in [3.63, 3.8) is 0 Å². The zero-order valence-corrected chi connectivity index (χ0v) is 15.1. The second-order valence-electron chi connectivity index (χ2n) is 5.69. The van der Waals surface area contributed by atoms with Crippen molar-refractivity contribution in [1.29, 1.82) is 0 Å². The van der Waals surface area contributed by atoms with Crippen molar-refractivity contribution < 1.29 is 14.5 Å². The molecule has 0 aliphatic carbocycles. The zero-order chi connectivity index (χ0) is 19.1. The summed E-state index contributed by atoms with van der Waals surface area (Å²) in [4.78, 5) is 25.0. The molecule has 0 heterocycles. The van der Waals surface area contributed by atoms with E-state index in [2.05, 4.69) is 24.1 Å². The number of rotatable bonds is 8. The van der Waals surface area contributed by atoms with Crippen LogP contribution in [0.3, 0.4) is 0 Å². The number of nitrogens with one attached hydrogen (secondary N) is 1. The first-order valence-electron chi connectivity index (χ1n) is 8.52. The normalized spacial score (nSPS) is 11.5. The third-order valence-corrected chi connectivity index (χ3v) is 4.00. The first-order valence-corrected chi connectivity index (χ1v) is 8.52. The van der Waals surface area contributed by atoms with Gasteiger partial charge in [0.2, 0.25) is 0 Å². The maximum Gasteiger partial charge on any atom is 0.310 e. The molecule has 0 aromatic heterocycles. The van der Waals surface area contributed by atoms with E-state index in [9.17, 15) is 14.9 Å². The number of hydrogen-bond donors (Lipinski definition) is 1. The second kappa shape index (κ2) is 8.84. The smallest absolute Gasteiger partial charge is 0.310 e. The van der Waals surface area contributed by atoms with Crippen molar-refractivity contribution in [3.05, 3.63) is 58.6 Å². The Balaban J connectivity index is 2.02. The van der Waals surface area contributed by atoms with Gasteiger partial charge in [-0.05, 0) is 51.1 Å². The Bertz CT molecular complexity index is 758. The van der Waals surface area contributed by atoms with Crippen LogP contribution in [0, 0.1) is 10.1 Å². The summed E-state index contributed by atoms with van der Waals surface area (Å²) in [5.74, 6) is -0.309. The van der Waals surface area contributed by atoms with E-state index < -0.39 is 11.0 Å². The lowest BCUT2D eigenvalue weighted by molar-refractivity contribution is -0.386. The molecule has 2 aromatic rings. The highest BCUT2D eigenvalue weighted by molar-refractivity contribution is 5.94. The predicted octanol–water partition coefficient (Wildman–Crippen LogP) is 3.85. The molecule has 0 fully saturated rings. The van der Waals surface area contributed by atoms with Crippen molar-refractivity contribution >= 4 is 23.0 Å². The molecule has 0 aliphatic rings. The molecule has 2 aromatic carbocycles. The molecular formula is C19H23N3O4. The molecule has 138 valence electrons. The highest BCUT2D eigenvalue weighted by Gasteiger charge is 2.20. The van der Waals surface area contributed by atoms with Gasteiger partial charge >= 0.3 is 5.69 Å². The van der Waals surface area contributed by atoms with Crippen LogP contribution in [0.1, 0.15) is 20.8 Å². The molecule has 0 bridgehead atoms. The predicted molar refractivity (Wildman–Crippen MR) is 102 cm³/mol. The fourth-order valence-corrected chi connectivity index (χ4v) is 2.54. The standard InChI is InChI=1S/C19H23N3O4/c1-4-21(5-2)16-12-10-15(11-13-16)20-19(23)14(3)26-18-9-7-6-8-17(18)22(24)25/h6-14H,4-5H2,1-3H3,(H,20,23). The van der Waals surface area contributed by atoms with E-state index in [0.717, 1.165) is 18.8 Å². The van der Waals surface area contributed by atoms with E-state index >= 15 is 0 Å². The third-order valence-electron chi connectivity index (χ3n) is 4.00. The van der Waals surface area contributed by atoms with Gasteiger partial charge in [-0.25, -0.2) is 0 Å². The van der Waals surface area contributed by atoms with Gasteiger partial charge in [0.15, 0.2) is 11.9 Å². The Kier molecular flexibility index (Phi) is 6.54. The molecule has 0 spiro atoms. The fourth-order valence-electron chi connectivity index (χ4n) is 2.54. The summed E-state index contributed by atoms with van der Waals surface area (Å²) in [7, 11) is 0. The van der Waals surface area contributed by atoms with E-state index in [1.165, 1.54) is 12.1 Å². The number of nitrogens with zero attached hydrogens (tertiary/aromatic N) is 2. The maximum absolute atomic E-state index is 12.3. The Hall–Kier alpha value is -3.09. The van der Waals surface area contributed by atoms with Crippen molar-refractivity contribution in [1.82, 2.24) is 0 Å². The van der Waals surface area contributed by atoms with Crippen LogP contribution in [0.2, 0.25) is 0 Å². The molecule has 0 radical (unpaired) electrons. The topological polar surface area (TPSA) is 84.7 Å². The molecule has 1 unspecified atom stereocenters. The Morgan fingerprint density at radius 1 is 1.15 bits per heavy atom. The second-order valence-corrected chi connectivity index (χ2v) is 5.69. The van der Waals surface area contributed by atoms with Crippen LogP contribution < -0.4 is 15.0 Å². The number of amides is 1. The van der Waals surface area contributed by atoms with Gasteiger partial charge in [0.1, 0.15) is 0 Å². The Morgan fingerprint density at radius 2 is 1.77 bits per heavy atom. The molecule has 1 N–H and O–H groups in total. The molecule has 7 nitrogen and oxygen atoms in total. The number of anilines is 2. The molecular weight excluding hydrogens is 334 g/mol. The van der Waals surface area contributed by atoms with Crippen LogP contribution in [0.5, 0.6) is 5.75 Å². The van der Waals surface area contributed by atoms with E-state index in [1.54, 1.807) is 19.1 Å². The van der Waals surface area contributed by atoms with Gasteiger partial charge in [-0.15, -0.1) is 0 Å². The summed E-state index contributed by atoms with van der Waals surface area (Å²) in [6.45, 7) is 7.53. The third kappa shape index (κ3) is 4.72. The summed E-state index contributed by atoms with van der Waals surface area (Å²) in [5.41, 5.74) is 1.55. The highest BCUT2D eigenvalue weighted by Crippen LogP contribution is 2.27. The van der Waals surface area contributed by atoms with Gasteiger partial charge in [0.25, 0.3) is 5.91 Å². The van der Waals surface area contributed by atoms with Crippen molar-refractivity contribution in [2.24, 2.45) is 0 Å². The van der Waals surface area contributed by atoms with Gasteiger partial charge in [-0.1, -0.05) is 12.1 Å². The minimum atomic E-state index is -0.876. The quantitative estimate of drug-likeness (QED) is 0.573. The van der Waals surface area contributed by atoms with Crippen LogP contribution in [-0.4, -0.2) is 30.0 Å². The molecule has 0 aliphatic heterocycles. The molecule has 26 heavy (non-hydrogen) atoms. The van der Waals surface area contributed by atoms with Gasteiger partial charge in [0.05, 0.1) is 4.92 Å². The molecule has 1 amide bonds. The fraction of sp³-hybridized carbons (Fsp3) is 0.316. The number of benzene rings is 2. The SMILES string of the molecule is CCN(CC)c1ccc(NC(=O)C(C)Oc2ccccc2[N+](=O)[O-])cc1. The van der Waals surface area contributed by atoms with E-state index in [-0.39, 0.29) is 17.3 Å². The average molecular weight is 357 g/mol. The number of hydrogen-bond acceptors (Lipinski definition) is 5. The zero-order valence-electron chi connectivity index (χ0n) is 15.1. The molecule has 2 rings (SSSR count). The lowest BCUT2D eigenvalue weighted by Crippen LogP contribution is -2.30. The van der Waals surface area contributed by atoms with Gasteiger partial charge in [-0.2, -0.15) is 0 Å². The van der Waals surface area contributed by atoms with E-state index in [0.29, 0.717) is 5.69 Å². The number of carbonyl (C=O) groups excluding carboxylic acids is 1. The van der Waals surface area contributed by atoms with Crippen LogP contribution in [-0.2, 0) is 4.79 Å². The first kappa shape index (κ1) is 19.2. The largest absolute Gasteiger partial charge is 0.474 e. The first-order chi connectivity index (χ1) is 12.5.